The topological polar surface area (TPSA) is 64.6 Å². The van der Waals surface area contributed by atoms with E-state index in [1.54, 1.807) is 0 Å². The lowest BCUT2D eigenvalue weighted by atomic mass is 10.1. The highest BCUT2D eigenvalue weighted by molar-refractivity contribution is 5.81. The molecule has 0 unspecified atom stereocenters. The minimum atomic E-state index is -0.790. The molecule has 1 atom stereocenters. The van der Waals surface area contributed by atoms with Crippen LogP contribution in [0.2, 0.25) is 0 Å². The van der Waals surface area contributed by atoms with E-state index in [9.17, 15) is 22.8 Å². The molecule has 0 radical (unpaired) electrons. The lowest BCUT2D eigenvalue weighted by Crippen LogP contribution is -2.31. The van der Waals surface area contributed by atoms with Crippen LogP contribution in [0, 0.1) is 17.5 Å². The van der Waals surface area contributed by atoms with Gasteiger partial charge in [0.05, 0.1) is 19.6 Å². The van der Waals surface area contributed by atoms with Gasteiger partial charge in [0.25, 0.3) is 5.91 Å². The lowest BCUT2D eigenvalue weighted by Gasteiger charge is -2.15. The Hall–Kier alpha value is -3.03. The average molecular weight is 381 g/mol. The van der Waals surface area contributed by atoms with Crippen molar-refractivity contribution in [2.45, 2.75) is 19.4 Å². The van der Waals surface area contributed by atoms with E-state index in [0.717, 1.165) is 12.1 Å². The fourth-order valence-electron chi connectivity index (χ4n) is 2.40. The van der Waals surface area contributed by atoms with Crippen LogP contribution in [0.25, 0.3) is 0 Å². The molecular weight excluding hydrogens is 363 g/mol. The molecule has 2 rings (SSSR count). The number of ether oxygens (including phenoxy) is 2. The van der Waals surface area contributed by atoms with Gasteiger partial charge in [-0.15, -0.1) is 0 Å². The monoisotopic (exact) mass is 381 g/mol. The van der Waals surface area contributed by atoms with Crippen LogP contribution in [0.4, 0.5) is 13.2 Å². The van der Waals surface area contributed by atoms with Gasteiger partial charge in [0.15, 0.2) is 18.2 Å². The molecule has 8 heteroatoms. The molecule has 5 nitrogen and oxygen atoms in total. The summed E-state index contributed by atoms with van der Waals surface area (Å²) in [6, 6.07) is 6.29. The SMILES string of the molecule is COc1ccc(CC(=O)OCC(=O)N[C@@H](C)c2ccc(F)cc2F)cc1F. The Morgan fingerprint density at radius 2 is 1.81 bits per heavy atom. The summed E-state index contributed by atoms with van der Waals surface area (Å²) in [5.74, 6) is -3.46. The predicted octanol–water partition coefficient (Wildman–Crippen LogP) is 3.08. The van der Waals surface area contributed by atoms with Gasteiger partial charge in [0.2, 0.25) is 0 Å². The second kappa shape index (κ2) is 9.07. The van der Waals surface area contributed by atoms with Crippen molar-refractivity contribution < 1.29 is 32.2 Å². The number of hydrogen-bond acceptors (Lipinski definition) is 4. The number of rotatable bonds is 7. The first-order valence-electron chi connectivity index (χ1n) is 8.02. The Balaban J connectivity index is 1.84. The van der Waals surface area contributed by atoms with E-state index in [4.69, 9.17) is 9.47 Å². The molecule has 0 aliphatic heterocycles. The highest BCUT2D eigenvalue weighted by Gasteiger charge is 2.16. The summed E-state index contributed by atoms with van der Waals surface area (Å²) >= 11 is 0. The van der Waals surface area contributed by atoms with Crippen LogP contribution in [0.5, 0.6) is 5.75 Å². The van der Waals surface area contributed by atoms with Gasteiger partial charge in [-0.3, -0.25) is 9.59 Å². The van der Waals surface area contributed by atoms with E-state index >= 15 is 0 Å². The molecule has 0 aromatic heterocycles. The summed E-state index contributed by atoms with van der Waals surface area (Å²) < 4.78 is 49.8. The summed E-state index contributed by atoms with van der Waals surface area (Å²) in [6.45, 7) is 0.931. The van der Waals surface area contributed by atoms with Crippen molar-refractivity contribution >= 4 is 11.9 Å². The highest BCUT2D eigenvalue weighted by Crippen LogP contribution is 2.19. The van der Waals surface area contributed by atoms with Crippen molar-refractivity contribution in [2.75, 3.05) is 13.7 Å². The number of esters is 1. The molecule has 2 aromatic carbocycles. The molecule has 0 saturated heterocycles. The van der Waals surface area contributed by atoms with Crippen LogP contribution < -0.4 is 10.1 Å². The number of halogens is 3. The number of carbonyl (C=O) groups is 2. The summed E-state index contributed by atoms with van der Waals surface area (Å²) in [4.78, 5) is 23.6. The van der Waals surface area contributed by atoms with Crippen molar-refractivity contribution in [1.29, 1.82) is 0 Å². The second-order valence-electron chi connectivity index (χ2n) is 5.76. The van der Waals surface area contributed by atoms with Gasteiger partial charge in [-0.05, 0) is 30.7 Å². The molecule has 0 bridgehead atoms. The summed E-state index contributed by atoms with van der Waals surface area (Å²) in [7, 11) is 1.32. The number of benzene rings is 2. The Morgan fingerprint density at radius 1 is 1.07 bits per heavy atom. The third-order valence-corrected chi connectivity index (χ3v) is 3.74. The zero-order valence-electron chi connectivity index (χ0n) is 14.7. The maximum Gasteiger partial charge on any atom is 0.310 e. The fourth-order valence-corrected chi connectivity index (χ4v) is 2.40. The van der Waals surface area contributed by atoms with Crippen molar-refractivity contribution in [3.63, 3.8) is 0 Å². The molecule has 2 aromatic rings. The molecule has 0 spiro atoms. The van der Waals surface area contributed by atoms with E-state index < -0.39 is 42.0 Å². The van der Waals surface area contributed by atoms with Gasteiger partial charge in [-0.1, -0.05) is 12.1 Å². The zero-order valence-corrected chi connectivity index (χ0v) is 14.7. The maximum absolute atomic E-state index is 13.7. The van der Waals surface area contributed by atoms with Gasteiger partial charge in [0.1, 0.15) is 11.6 Å². The lowest BCUT2D eigenvalue weighted by molar-refractivity contribution is -0.148. The highest BCUT2D eigenvalue weighted by atomic mass is 19.1. The standard InChI is InChI=1S/C19H18F3NO4/c1-11(14-5-4-13(20)9-15(14)21)23-18(24)10-27-19(25)8-12-3-6-17(26-2)16(22)7-12/h3-7,9,11H,8,10H2,1-2H3,(H,23,24)/t11-/m0/s1. The van der Waals surface area contributed by atoms with Gasteiger partial charge in [0, 0.05) is 11.6 Å². The van der Waals surface area contributed by atoms with Crippen molar-refractivity contribution in [3.8, 4) is 5.75 Å². The second-order valence-corrected chi connectivity index (χ2v) is 5.76. The van der Waals surface area contributed by atoms with Gasteiger partial charge in [-0.2, -0.15) is 0 Å². The van der Waals surface area contributed by atoms with Crippen molar-refractivity contribution in [3.05, 3.63) is 65.0 Å². The van der Waals surface area contributed by atoms with E-state index in [1.807, 2.05) is 0 Å². The smallest absolute Gasteiger partial charge is 0.310 e. The fraction of sp³-hybridized carbons (Fsp3) is 0.263. The molecule has 27 heavy (non-hydrogen) atoms. The van der Waals surface area contributed by atoms with Crippen LogP contribution in [-0.4, -0.2) is 25.6 Å². The molecule has 0 aliphatic carbocycles. The van der Waals surface area contributed by atoms with E-state index in [0.29, 0.717) is 11.6 Å². The maximum atomic E-state index is 13.7. The Kier molecular flexibility index (Phi) is 6.81. The quantitative estimate of drug-likeness (QED) is 0.749. The first-order valence-corrected chi connectivity index (χ1v) is 8.02. The molecule has 0 saturated carbocycles. The molecule has 1 N–H and O–H groups in total. The minimum Gasteiger partial charge on any atom is -0.494 e. The Labute approximate surface area is 154 Å². The van der Waals surface area contributed by atoms with E-state index in [-0.39, 0.29) is 17.7 Å². The minimum absolute atomic E-state index is 0.0495. The average Bonchev–Trinajstić information content (AvgIpc) is 2.60. The normalized spacial score (nSPS) is 11.6. The number of hydrogen-bond donors (Lipinski definition) is 1. The third-order valence-electron chi connectivity index (χ3n) is 3.74. The van der Waals surface area contributed by atoms with Gasteiger partial charge < -0.3 is 14.8 Å². The number of nitrogens with one attached hydrogen (secondary N) is 1. The largest absolute Gasteiger partial charge is 0.494 e. The molecule has 0 heterocycles. The van der Waals surface area contributed by atoms with Crippen LogP contribution in [-0.2, 0) is 20.7 Å². The number of carbonyl (C=O) groups excluding carboxylic acids is 2. The first kappa shape index (κ1) is 20.3. The van der Waals surface area contributed by atoms with Crippen molar-refractivity contribution in [2.24, 2.45) is 0 Å². The van der Waals surface area contributed by atoms with Gasteiger partial charge in [-0.25, -0.2) is 13.2 Å². The summed E-state index contributed by atoms with van der Waals surface area (Å²) in [5.41, 5.74) is 0.463. The molecule has 0 aliphatic rings. The number of methoxy groups -OCH3 is 1. The summed E-state index contributed by atoms with van der Waals surface area (Å²) in [5, 5.41) is 2.44. The van der Waals surface area contributed by atoms with Crippen LogP contribution in [0.15, 0.2) is 36.4 Å². The summed E-state index contributed by atoms with van der Waals surface area (Å²) in [6.07, 6.45) is -0.226. The molecular formula is C19H18F3NO4. The van der Waals surface area contributed by atoms with Gasteiger partial charge >= 0.3 is 5.97 Å². The molecule has 0 fully saturated rings. The molecule has 144 valence electrons. The number of amides is 1. The predicted molar refractivity (Wildman–Crippen MR) is 90.5 cm³/mol. The third kappa shape index (κ3) is 5.73. The Bertz CT molecular complexity index is 842. The van der Waals surface area contributed by atoms with Crippen LogP contribution >= 0.6 is 0 Å². The molecule has 1 amide bonds. The first-order chi connectivity index (χ1) is 12.8. The van der Waals surface area contributed by atoms with E-state index in [1.165, 1.54) is 32.2 Å². The Morgan fingerprint density at radius 3 is 2.44 bits per heavy atom. The van der Waals surface area contributed by atoms with E-state index in [2.05, 4.69) is 5.32 Å². The zero-order chi connectivity index (χ0) is 20.0. The van der Waals surface area contributed by atoms with Crippen LogP contribution in [0.3, 0.4) is 0 Å². The van der Waals surface area contributed by atoms with Crippen molar-refractivity contribution in [1.82, 2.24) is 5.32 Å². The van der Waals surface area contributed by atoms with Crippen LogP contribution in [0.1, 0.15) is 24.1 Å².